The van der Waals surface area contributed by atoms with E-state index in [4.69, 9.17) is 0 Å². The Kier molecular flexibility index (Phi) is 2.50. The number of anilines is 1. The molecule has 0 spiro atoms. The third-order valence-corrected chi connectivity index (χ3v) is 2.47. The summed E-state index contributed by atoms with van der Waals surface area (Å²) in [6.45, 7) is 5.27. The van der Waals surface area contributed by atoms with E-state index in [1.165, 1.54) is 16.8 Å². The minimum absolute atomic E-state index is 0.997. The molecule has 0 fully saturated rings. The van der Waals surface area contributed by atoms with Crippen LogP contribution in [0.25, 0.3) is 0 Å². The molecule has 1 heterocycles. The quantitative estimate of drug-likeness (QED) is 0.717. The van der Waals surface area contributed by atoms with E-state index in [0.29, 0.717) is 0 Å². The highest BCUT2D eigenvalue weighted by molar-refractivity contribution is 5.49. The maximum Gasteiger partial charge on any atom is 0.0343 e. The monoisotopic (exact) mass is 176 g/mol. The van der Waals surface area contributed by atoms with Crippen LogP contribution >= 0.6 is 0 Å². The van der Waals surface area contributed by atoms with Gasteiger partial charge in [0.2, 0.25) is 0 Å². The second-order valence-corrected chi connectivity index (χ2v) is 3.44. The second-order valence-electron chi connectivity index (χ2n) is 3.44. The van der Waals surface area contributed by atoms with Crippen LogP contribution in [0.2, 0.25) is 0 Å². The summed E-state index contributed by atoms with van der Waals surface area (Å²) in [6, 6.07) is 6.66. The van der Waals surface area contributed by atoms with E-state index < -0.39 is 0 Å². The Hall–Kier alpha value is -1.02. The summed E-state index contributed by atoms with van der Waals surface area (Å²) in [7, 11) is 0. The first-order chi connectivity index (χ1) is 6.40. The predicted molar refractivity (Wildman–Crippen MR) is 56.0 cm³/mol. The van der Waals surface area contributed by atoms with E-state index in [0.717, 1.165) is 26.1 Å². The van der Waals surface area contributed by atoms with Crippen LogP contribution in [0.1, 0.15) is 18.1 Å². The topological polar surface area (TPSA) is 24.1 Å². The molecule has 0 saturated heterocycles. The van der Waals surface area contributed by atoms with Crippen LogP contribution in [0.15, 0.2) is 18.2 Å². The zero-order valence-electron chi connectivity index (χ0n) is 8.06. The Labute approximate surface area is 79.4 Å². The zero-order chi connectivity index (χ0) is 9.10. The lowest BCUT2D eigenvalue weighted by Gasteiger charge is -2.18. The van der Waals surface area contributed by atoms with Gasteiger partial charge in [-0.05, 0) is 43.1 Å². The van der Waals surface area contributed by atoms with Crippen LogP contribution in [0, 0.1) is 0 Å². The van der Waals surface area contributed by atoms with Gasteiger partial charge in [0.05, 0.1) is 0 Å². The van der Waals surface area contributed by atoms with E-state index in [1.54, 1.807) is 0 Å². The molecule has 1 aromatic rings. The summed E-state index contributed by atoms with van der Waals surface area (Å²) in [5, 5.41) is 6.71. The molecule has 1 aliphatic rings. The molecule has 2 rings (SSSR count). The number of nitrogens with one attached hydrogen (secondary N) is 2. The fourth-order valence-electron chi connectivity index (χ4n) is 1.79. The summed E-state index contributed by atoms with van der Waals surface area (Å²) >= 11 is 0. The largest absolute Gasteiger partial charge is 0.385 e. The van der Waals surface area contributed by atoms with Crippen LogP contribution in [0.5, 0.6) is 0 Å². The summed E-state index contributed by atoms with van der Waals surface area (Å²) < 4.78 is 0. The van der Waals surface area contributed by atoms with Gasteiger partial charge < -0.3 is 10.6 Å². The van der Waals surface area contributed by atoms with Crippen LogP contribution < -0.4 is 10.6 Å². The van der Waals surface area contributed by atoms with Gasteiger partial charge in [0.25, 0.3) is 0 Å². The third-order valence-electron chi connectivity index (χ3n) is 2.47. The Morgan fingerprint density at radius 3 is 3.15 bits per heavy atom. The van der Waals surface area contributed by atoms with Crippen molar-refractivity contribution in [3.8, 4) is 0 Å². The minimum Gasteiger partial charge on any atom is -0.385 e. The normalized spacial score (nSPS) is 15.2. The Bertz CT molecular complexity index is 294. The van der Waals surface area contributed by atoms with Crippen molar-refractivity contribution >= 4 is 5.69 Å². The molecule has 1 aliphatic heterocycles. The summed E-state index contributed by atoms with van der Waals surface area (Å²) in [5.41, 5.74) is 4.20. The molecule has 0 saturated carbocycles. The van der Waals surface area contributed by atoms with E-state index >= 15 is 0 Å². The summed E-state index contributed by atoms with van der Waals surface area (Å²) in [5.74, 6) is 0. The highest BCUT2D eigenvalue weighted by Crippen LogP contribution is 2.18. The highest BCUT2D eigenvalue weighted by atomic mass is 14.9. The van der Waals surface area contributed by atoms with Gasteiger partial charge in [-0.3, -0.25) is 0 Å². The standard InChI is InChI=1S/C11H16N2/c1-2-13-11-4-3-10-8-12-6-5-9(10)7-11/h3-4,7,12-13H,2,5-6,8H2,1H3. The maximum absolute atomic E-state index is 3.37. The van der Waals surface area contributed by atoms with E-state index in [2.05, 4.69) is 35.8 Å². The van der Waals surface area contributed by atoms with Crippen LogP contribution in [-0.2, 0) is 13.0 Å². The fourth-order valence-corrected chi connectivity index (χ4v) is 1.79. The van der Waals surface area contributed by atoms with Crippen molar-refractivity contribution in [1.29, 1.82) is 0 Å². The third kappa shape index (κ3) is 1.83. The first kappa shape index (κ1) is 8.57. The number of hydrogen-bond acceptors (Lipinski definition) is 2. The molecule has 70 valence electrons. The molecule has 2 N–H and O–H groups in total. The van der Waals surface area contributed by atoms with E-state index in [1.807, 2.05) is 0 Å². The highest BCUT2D eigenvalue weighted by Gasteiger charge is 2.07. The molecule has 0 amide bonds. The summed E-state index contributed by atoms with van der Waals surface area (Å²) in [6.07, 6.45) is 1.16. The molecule has 0 radical (unpaired) electrons. The molecular formula is C11H16N2. The molecule has 2 heteroatoms. The average Bonchev–Trinajstić information content (AvgIpc) is 2.18. The lowest BCUT2D eigenvalue weighted by atomic mass is 10.0. The lowest BCUT2D eigenvalue weighted by Crippen LogP contribution is -2.23. The number of benzene rings is 1. The van der Waals surface area contributed by atoms with Crippen LogP contribution in [0.3, 0.4) is 0 Å². The van der Waals surface area contributed by atoms with E-state index in [9.17, 15) is 0 Å². The van der Waals surface area contributed by atoms with Crippen molar-refractivity contribution in [2.24, 2.45) is 0 Å². The average molecular weight is 176 g/mol. The maximum atomic E-state index is 3.37. The van der Waals surface area contributed by atoms with Crippen LogP contribution in [-0.4, -0.2) is 13.1 Å². The van der Waals surface area contributed by atoms with Gasteiger partial charge in [-0.15, -0.1) is 0 Å². The number of hydrogen-bond donors (Lipinski definition) is 2. The molecule has 1 aromatic carbocycles. The molecule has 0 atom stereocenters. The molecule has 13 heavy (non-hydrogen) atoms. The van der Waals surface area contributed by atoms with Crippen molar-refractivity contribution in [2.75, 3.05) is 18.4 Å². The van der Waals surface area contributed by atoms with Gasteiger partial charge in [0.1, 0.15) is 0 Å². The Morgan fingerprint density at radius 2 is 2.31 bits per heavy atom. The number of rotatable bonds is 2. The SMILES string of the molecule is CCNc1ccc2c(c1)CCNC2. The van der Waals surface area contributed by atoms with Gasteiger partial charge in [-0.2, -0.15) is 0 Å². The van der Waals surface area contributed by atoms with Gasteiger partial charge >= 0.3 is 0 Å². The van der Waals surface area contributed by atoms with Crippen molar-refractivity contribution < 1.29 is 0 Å². The molecule has 2 nitrogen and oxygen atoms in total. The minimum atomic E-state index is 0.997. The van der Waals surface area contributed by atoms with Gasteiger partial charge in [0.15, 0.2) is 0 Å². The molecule has 0 bridgehead atoms. The molecular weight excluding hydrogens is 160 g/mol. The first-order valence-corrected chi connectivity index (χ1v) is 4.96. The van der Waals surface area contributed by atoms with Crippen molar-refractivity contribution in [3.63, 3.8) is 0 Å². The predicted octanol–water partition coefficient (Wildman–Crippen LogP) is 1.76. The molecule has 0 aliphatic carbocycles. The summed E-state index contributed by atoms with van der Waals surface area (Å²) in [4.78, 5) is 0. The smallest absolute Gasteiger partial charge is 0.0343 e. The first-order valence-electron chi connectivity index (χ1n) is 4.96. The molecule has 0 aromatic heterocycles. The van der Waals surface area contributed by atoms with Crippen molar-refractivity contribution in [2.45, 2.75) is 19.9 Å². The number of fused-ring (bicyclic) bond motifs is 1. The van der Waals surface area contributed by atoms with Gasteiger partial charge in [0, 0.05) is 18.8 Å². The van der Waals surface area contributed by atoms with Crippen molar-refractivity contribution in [1.82, 2.24) is 5.32 Å². The second kappa shape index (κ2) is 3.79. The Balaban J connectivity index is 2.24. The van der Waals surface area contributed by atoms with Crippen LogP contribution in [0.4, 0.5) is 5.69 Å². The molecule has 0 unspecified atom stereocenters. The van der Waals surface area contributed by atoms with E-state index in [-0.39, 0.29) is 0 Å². The zero-order valence-corrected chi connectivity index (χ0v) is 8.06. The van der Waals surface area contributed by atoms with Gasteiger partial charge in [-0.1, -0.05) is 6.07 Å². The Morgan fingerprint density at radius 1 is 1.38 bits per heavy atom. The van der Waals surface area contributed by atoms with Gasteiger partial charge in [-0.25, -0.2) is 0 Å². The van der Waals surface area contributed by atoms with Crippen molar-refractivity contribution in [3.05, 3.63) is 29.3 Å². The fraction of sp³-hybridized carbons (Fsp3) is 0.455. The lowest BCUT2D eigenvalue weighted by molar-refractivity contribution is 0.644.